The van der Waals surface area contributed by atoms with E-state index in [-0.39, 0.29) is 11.3 Å². The third-order valence-corrected chi connectivity index (χ3v) is 1.51. The molecule has 0 aromatic heterocycles. The second-order valence-corrected chi connectivity index (χ2v) is 2.26. The van der Waals surface area contributed by atoms with Crippen molar-refractivity contribution in [2.24, 2.45) is 0 Å². The van der Waals surface area contributed by atoms with Gasteiger partial charge in [-0.2, -0.15) is 5.26 Å². The SMILES string of the molecule is COc1ccc(C(=O)OO)c(O)c1. The van der Waals surface area contributed by atoms with Gasteiger partial charge in [0.05, 0.1) is 7.11 Å². The van der Waals surface area contributed by atoms with E-state index >= 15 is 0 Å². The van der Waals surface area contributed by atoms with Crippen molar-refractivity contribution in [3.63, 3.8) is 0 Å². The van der Waals surface area contributed by atoms with Crippen LogP contribution in [0.5, 0.6) is 11.5 Å². The fraction of sp³-hybridized carbons (Fsp3) is 0.125. The van der Waals surface area contributed by atoms with Gasteiger partial charge in [-0.05, 0) is 12.1 Å². The van der Waals surface area contributed by atoms with Crippen LogP contribution in [0.2, 0.25) is 0 Å². The molecule has 1 aromatic carbocycles. The Bertz CT molecular complexity index is 320. The molecule has 13 heavy (non-hydrogen) atoms. The number of carbonyl (C=O) groups excluding carboxylic acids is 1. The number of ether oxygens (including phenoxy) is 1. The maximum atomic E-state index is 10.8. The van der Waals surface area contributed by atoms with Crippen LogP contribution in [0.25, 0.3) is 0 Å². The van der Waals surface area contributed by atoms with E-state index in [1.165, 1.54) is 25.3 Å². The minimum atomic E-state index is -1.01. The zero-order valence-electron chi connectivity index (χ0n) is 6.85. The van der Waals surface area contributed by atoms with Crippen LogP contribution in [0.15, 0.2) is 18.2 Å². The van der Waals surface area contributed by atoms with Gasteiger partial charge in [0.25, 0.3) is 0 Å². The lowest BCUT2D eigenvalue weighted by Gasteiger charge is -2.03. The number of carbonyl (C=O) groups is 1. The van der Waals surface area contributed by atoms with Gasteiger partial charge in [-0.15, -0.1) is 0 Å². The Kier molecular flexibility index (Phi) is 2.71. The van der Waals surface area contributed by atoms with Crippen LogP contribution in [-0.2, 0) is 4.89 Å². The first-order valence-corrected chi connectivity index (χ1v) is 3.41. The number of phenolic OH excluding ortho intramolecular Hbond substituents is 1. The lowest BCUT2D eigenvalue weighted by molar-refractivity contribution is -0.182. The smallest absolute Gasteiger partial charge is 0.376 e. The largest absolute Gasteiger partial charge is 0.507 e. The van der Waals surface area contributed by atoms with Gasteiger partial charge in [0.1, 0.15) is 17.1 Å². The second kappa shape index (κ2) is 3.77. The monoisotopic (exact) mass is 184 g/mol. The van der Waals surface area contributed by atoms with Crippen molar-refractivity contribution in [3.8, 4) is 11.5 Å². The Morgan fingerprint density at radius 3 is 2.62 bits per heavy atom. The average molecular weight is 184 g/mol. The molecule has 0 aliphatic carbocycles. The van der Waals surface area contributed by atoms with Crippen molar-refractivity contribution in [3.05, 3.63) is 23.8 Å². The minimum absolute atomic E-state index is 0.122. The van der Waals surface area contributed by atoms with E-state index in [2.05, 4.69) is 4.89 Å². The maximum Gasteiger partial charge on any atom is 0.376 e. The van der Waals surface area contributed by atoms with Gasteiger partial charge in [-0.1, -0.05) is 0 Å². The van der Waals surface area contributed by atoms with E-state index < -0.39 is 5.97 Å². The molecule has 0 aliphatic heterocycles. The van der Waals surface area contributed by atoms with E-state index in [0.29, 0.717) is 5.75 Å². The third-order valence-electron chi connectivity index (χ3n) is 1.51. The molecule has 5 nitrogen and oxygen atoms in total. The van der Waals surface area contributed by atoms with Gasteiger partial charge >= 0.3 is 5.97 Å². The Morgan fingerprint density at radius 1 is 1.46 bits per heavy atom. The van der Waals surface area contributed by atoms with Crippen molar-refractivity contribution in [2.45, 2.75) is 0 Å². The molecule has 5 heteroatoms. The fourth-order valence-corrected chi connectivity index (χ4v) is 0.860. The van der Waals surface area contributed by atoms with Crippen LogP contribution in [-0.4, -0.2) is 23.4 Å². The van der Waals surface area contributed by atoms with Gasteiger partial charge in [-0.3, -0.25) is 4.89 Å². The Balaban J connectivity index is 3.05. The van der Waals surface area contributed by atoms with Crippen molar-refractivity contribution >= 4 is 5.97 Å². The number of phenols is 1. The molecule has 0 spiro atoms. The van der Waals surface area contributed by atoms with Crippen LogP contribution in [0, 0.1) is 0 Å². The van der Waals surface area contributed by atoms with Gasteiger partial charge in [0.15, 0.2) is 0 Å². The first-order valence-electron chi connectivity index (χ1n) is 3.41. The summed E-state index contributed by atoms with van der Waals surface area (Å²) in [5.41, 5.74) is -0.122. The number of rotatable bonds is 2. The predicted octanol–water partition coefficient (Wildman–Crippen LogP) is 1.03. The van der Waals surface area contributed by atoms with Crippen LogP contribution in [0.3, 0.4) is 0 Å². The predicted molar refractivity (Wildman–Crippen MR) is 42.7 cm³/mol. The standard InChI is InChI=1S/C8H8O5/c1-12-5-2-3-6(7(9)4-5)8(10)13-11/h2-4,9,11H,1H3. The molecule has 1 rings (SSSR count). The van der Waals surface area contributed by atoms with Crippen molar-refractivity contribution in [1.29, 1.82) is 0 Å². The summed E-state index contributed by atoms with van der Waals surface area (Å²) in [6.07, 6.45) is 0. The summed E-state index contributed by atoms with van der Waals surface area (Å²) in [5.74, 6) is -0.912. The summed E-state index contributed by atoms with van der Waals surface area (Å²) in [6, 6.07) is 3.99. The lowest BCUT2D eigenvalue weighted by Crippen LogP contribution is -2.01. The van der Waals surface area contributed by atoms with Gasteiger partial charge in [0, 0.05) is 6.07 Å². The molecule has 0 radical (unpaired) electrons. The summed E-state index contributed by atoms with van der Waals surface area (Å²) in [6.45, 7) is 0. The molecule has 0 heterocycles. The molecule has 1 aromatic rings. The quantitative estimate of drug-likeness (QED) is 0.530. The minimum Gasteiger partial charge on any atom is -0.507 e. The number of hydrogen-bond acceptors (Lipinski definition) is 5. The van der Waals surface area contributed by atoms with Crippen LogP contribution >= 0.6 is 0 Å². The molecule has 0 amide bonds. The Hall–Kier alpha value is -1.75. The number of benzene rings is 1. The molecular formula is C8H8O5. The summed E-state index contributed by atoms with van der Waals surface area (Å²) in [5, 5.41) is 17.3. The van der Waals surface area contributed by atoms with Crippen LogP contribution in [0.4, 0.5) is 0 Å². The number of hydrogen-bond donors (Lipinski definition) is 2. The van der Waals surface area contributed by atoms with Crippen LogP contribution in [0.1, 0.15) is 10.4 Å². The second-order valence-electron chi connectivity index (χ2n) is 2.26. The highest BCUT2D eigenvalue weighted by molar-refractivity contribution is 5.92. The molecule has 0 saturated carbocycles. The highest BCUT2D eigenvalue weighted by Crippen LogP contribution is 2.23. The van der Waals surface area contributed by atoms with E-state index in [1.807, 2.05) is 0 Å². The zero-order chi connectivity index (χ0) is 9.84. The highest BCUT2D eigenvalue weighted by Gasteiger charge is 2.12. The van der Waals surface area contributed by atoms with E-state index in [4.69, 9.17) is 9.99 Å². The molecule has 0 saturated heterocycles. The number of methoxy groups -OCH3 is 1. The molecule has 0 unspecified atom stereocenters. The van der Waals surface area contributed by atoms with Gasteiger partial charge in [0.2, 0.25) is 0 Å². The normalized spacial score (nSPS) is 9.38. The van der Waals surface area contributed by atoms with Crippen molar-refractivity contribution in [2.75, 3.05) is 7.11 Å². The summed E-state index contributed by atoms with van der Waals surface area (Å²) in [7, 11) is 1.43. The molecule has 0 fully saturated rings. The summed E-state index contributed by atoms with van der Waals surface area (Å²) < 4.78 is 4.79. The molecule has 0 atom stereocenters. The average Bonchev–Trinajstić information content (AvgIpc) is 2.16. The molecule has 0 bridgehead atoms. The Labute approximate surface area is 74.1 Å². The molecule has 0 aliphatic rings. The highest BCUT2D eigenvalue weighted by atomic mass is 17.1. The van der Waals surface area contributed by atoms with E-state index in [9.17, 15) is 9.90 Å². The van der Waals surface area contributed by atoms with E-state index in [0.717, 1.165) is 0 Å². The number of aromatic hydroxyl groups is 1. The molecule has 2 N–H and O–H groups in total. The van der Waals surface area contributed by atoms with Gasteiger partial charge < -0.3 is 9.84 Å². The fourth-order valence-electron chi connectivity index (χ4n) is 0.860. The van der Waals surface area contributed by atoms with Crippen molar-refractivity contribution in [1.82, 2.24) is 0 Å². The van der Waals surface area contributed by atoms with Gasteiger partial charge in [-0.25, -0.2) is 4.79 Å². The lowest BCUT2D eigenvalue weighted by atomic mass is 10.2. The third kappa shape index (κ3) is 1.88. The first kappa shape index (κ1) is 9.34. The van der Waals surface area contributed by atoms with E-state index in [1.54, 1.807) is 0 Å². The molecule has 70 valence electrons. The van der Waals surface area contributed by atoms with Crippen molar-refractivity contribution < 1.29 is 24.8 Å². The summed E-state index contributed by atoms with van der Waals surface area (Å²) >= 11 is 0. The Morgan fingerprint density at radius 2 is 2.15 bits per heavy atom. The molecular weight excluding hydrogens is 176 g/mol. The first-order chi connectivity index (χ1) is 6.19. The zero-order valence-corrected chi connectivity index (χ0v) is 6.85. The van der Waals surface area contributed by atoms with Crippen LogP contribution < -0.4 is 4.74 Å². The maximum absolute atomic E-state index is 10.8. The topological polar surface area (TPSA) is 76.0 Å². The summed E-state index contributed by atoms with van der Waals surface area (Å²) in [4.78, 5) is 14.2.